The van der Waals surface area contributed by atoms with Gasteiger partial charge >= 0.3 is 6.18 Å². The molecule has 240 valence electrons. The third-order valence-electron chi connectivity index (χ3n) is 7.17. The smallest absolute Gasteiger partial charge is 0.418 e. The fraction of sp³-hybridized carbons (Fsp3) is 0.147. The number of nitrogens with zero attached hydrogens (tertiary/aromatic N) is 3. The van der Waals surface area contributed by atoms with Crippen LogP contribution in [0.4, 0.5) is 18.9 Å². The van der Waals surface area contributed by atoms with Crippen LogP contribution in [0.5, 0.6) is 5.75 Å². The Morgan fingerprint density at radius 1 is 1.02 bits per heavy atom. The Morgan fingerprint density at radius 3 is 2.43 bits per heavy atom. The number of anilines is 1. The van der Waals surface area contributed by atoms with Gasteiger partial charge in [-0.3, -0.25) is 14.2 Å². The number of nitrogens with one attached hydrogen (secondary N) is 1. The first kappa shape index (κ1) is 33.6. The van der Waals surface area contributed by atoms with Crippen molar-refractivity contribution >= 4 is 57.8 Å². The number of hydrogen-bond donors (Lipinski definition) is 1. The molecule has 5 aromatic rings. The molecule has 0 saturated carbocycles. The number of benzene rings is 3. The summed E-state index contributed by atoms with van der Waals surface area (Å²) in [6.07, 6.45) is -3.33. The number of alkyl halides is 3. The molecule has 1 N–H and O–H groups in total. The van der Waals surface area contributed by atoms with Crippen molar-refractivity contribution < 1.29 is 22.7 Å². The van der Waals surface area contributed by atoms with Gasteiger partial charge in [0.25, 0.3) is 11.5 Å². The second kappa shape index (κ2) is 13.5. The topological polar surface area (TPSA) is 89.1 Å². The molecule has 1 amide bonds. The van der Waals surface area contributed by atoms with E-state index in [-0.39, 0.29) is 14.9 Å². The summed E-state index contributed by atoms with van der Waals surface area (Å²) in [5.41, 5.74) is -0.231. The van der Waals surface area contributed by atoms with E-state index in [4.69, 9.17) is 27.9 Å². The van der Waals surface area contributed by atoms with Crippen molar-refractivity contribution in [1.82, 2.24) is 9.13 Å². The molecule has 0 saturated heterocycles. The van der Waals surface area contributed by atoms with Crippen LogP contribution >= 0.6 is 34.5 Å². The Kier molecular flexibility index (Phi) is 9.68. The number of aryl methyl sites for hydroxylation is 1. The van der Waals surface area contributed by atoms with Crippen LogP contribution in [0.1, 0.15) is 29.4 Å². The van der Waals surface area contributed by atoms with Crippen molar-refractivity contribution in [2.75, 3.05) is 11.9 Å². The fourth-order valence-corrected chi connectivity index (χ4v) is 6.57. The molecule has 5 rings (SSSR count). The zero-order chi connectivity index (χ0) is 34.0. The molecule has 0 spiro atoms. The maximum atomic E-state index is 14.2. The third kappa shape index (κ3) is 6.72. The quantitative estimate of drug-likeness (QED) is 0.195. The average molecular weight is 698 g/mol. The molecule has 0 aliphatic heterocycles. The van der Waals surface area contributed by atoms with Gasteiger partial charge in [0.2, 0.25) is 0 Å². The normalized spacial score (nSPS) is 12.5. The summed E-state index contributed by atoms with van der Waals surface area (Å²) in [6.45, 7) is 5.67. The zero-order valence-electron chi connectivity index (χ0n) is 25.1. The van der Waals surface area contributed by atoms with E-state index in [2.05, 4.69) is 5.32 Å². The first-order chi connectivity index (χ1) is 22.3. The minimum atomic E-state index is -4.84. The molecule has 0 atom stereocenters. The second-order valence-corrected chi connectivity index (χ2v) is 12.1. The summed E-state index contributed by atoms with van der Waals surface area (Å²) in [7, 11) is 0. The molecule has 0 radical (unpaired) electrons. The van der Waals surface area contributed by atoms with Crippen LogP contribution in [0.15, 0.2) is 77.6 Å². The van der Waals surface area contributed by atoms with E-state index in [1.54, 1.807) is 62.4 Å². The van der Waals surface area contributed by atoms with E-state index in [1.807, 2.05) is 17.6 Å². The number of thiazole rings is 1. The summed E-state index contributed by atoms with van der Waals surface area (Å²) in [4.78, 5) is 27.6. The van der Waals surface area contributed by atoms with Crippen LogP contribution in [0.3, 0.4) is 0 Å². The summed E-state index contributed by atoms with van der Waals surface area (Å²) < 4.78 is 50.5. The van der Waals surface area contributed by atoms with Gasteiger partial charge in [-0.2, -0.15) is 18.4 Å². The van der Waals surface area contributed by atoms with Gasteiger partial charge in [0, 0.05) is 16.4 Å². The predicted molar refractivity (Wildman–Crippen MR) is 178 cm³/mol. The molecule has 2 heterocycles. The van der Waals surface area contributed by atoms with Crippen molar-refractivity contribution in [3.63, 3.8) is 0 Å². The molecular weight excluding hydrogens is 672 g/mol. The van der Waals surface area contributed by atoms with E-state index in [0.29, 0.717) is 39.3 Å². The maximum Gasteiger partial charge on any atom is 0.418 e. The Labute approximate surface area is 281 Å². The summed E-state index contributed by atoms with van der Waals surface area (Å²) in [6, 6.07) is 19.6. The average Bonchev–Trinajstić information content (AvgIpc) is 3.49. The fourth-order valence-electron chi connectivity index (χ4n) is 5.11. The first-order valence-corrected chi connectivity index (χ1v) is 15.6. The largest absolute Gasteiger partial charge is 0.492 e. The van der Waals surface area contributed by atoms with Crippen LogP contribution in [-0.4, -0.2) is 21.6 Å². The second-order valence-electron chi connectivity index (χ2n) is 10.2. The number of carbonyl (C=O) groups excluding carboxylic acids is 1. The number of hydrogen-bond acceptors (Lipinski definition) is 5. The SMILES string of the molecule is CCOc1ccccc1NC(=O)/C(C#N)=c1\s/c(=C\c2cc(C)n(-c3cc(Cl)ccc3Cl)c2C)c(=O)n1-c1ccccc1C(F)(F)F. The number of nitriles is 1. The molecule has 0 aliphatic rings. The van der Waals surface area contributed by atoms with Crippen molar-refractivity contribution in [1.29, 1.82) is 5.26 Å². The third-order valence-corrected chi connectivity index (χ3v) is 8.81. The van der Waals surface area contributed by atoms with Gasteiger partial charge in [-0.15, -0.1) is 11.3 Å². The summed E-state index contributed by atoms with van der Waals surface area (Å²) in [5.74, 6) is -0.602. The zero-order valence-corrected chi connectivity index (χ0v) is 27.4. The summed E-state index contributed by atoms with van der Waals surface area (Å²) in [5, 5.41) is 13.7. The highest BCUT2D eigenvalue weighted by Gasteiger charge is 2.34. The molecule has 0 aliphatic carbocycles. The predicted octanol–water partition coefficient (Wildman–Crippen LogP) is 7.17. The molecule has 0 bridgehead atoms. The van der Waals surface area contributed by atoms with Gasteiger partial charge in [0.15, 0.2) is 5.57 Å². The molecule has 47 heavy (non-hydrogen) atoms. The molecule has 7 nitrogen and oxygen atoms in total. The highest BCUT2D eigenvalue weighted by atomic mass is 35.5. The van der Waals surface area contributed by atoms with Crippen molar-refractivity contribution in [2.24, 2.45) is 0 Å². The monoisotopic (exact) mass is 696 g/mol. The Hall–Kier alpha value is -4.76. The van der Waals surface area contributed by atoms with E-state index in [0.717, 1.165) is 33.7 Å². The number of carbonyl (C=O) groups is 1. The van der Waals surface area contributed by atoms with E-state index in [9.17, 15) is 28.0 Å². The van der Waals surface area contributed by atoms with E-state index < -0.39 is 34.5 Å². The molecular formula is C34H25Cl2F3N4O3S. The molecule has 0 fully saturated rings. The maximum absolute atomic E-state index is 14.2. The van der Waals surface area contributed by atoms with Crippen LogP contribution in [0, 0.1) is 25.2 Å². The number of aromatic nitrogens is 2. The van der Waals surface area contributed by atoms with Crippen molar-refractivity contribution in [3.8, 4) is 23.2 Å². The van der Waals surface area contributed by atoms with Gasteiger partial charge < -0.3 is 14.6 Å². The number of para-hydroxylation sites is 3. The van der Waals surface area contributed by atoms with Crippen LogP contribution in [0.2, 0.25) is 10.0 Å². The van der Waals surface area contributed by atoms with Gasteiger partial charge in [0.1, 0.15) is 16.5 Å². The molecule has 2 aromatic heterocycles. The van der Waals surface area contributed by atoms with Crippen molar-refractivity contribution in [2.45, 2.75) is 26.9 Å². The minimum Gasteiger partial charge on any atom is -0.492 e. The molecule has 0 unspecified atom stereocenters. The van der Waals surface area contributed by atoms with Crippen LogP contribution in [-0.2, 0) is 11.0 Å². The highest BCUT2D eigenvalue weighted by Crippen LogP contribution is 2.33. The molecule has 3 aromatic carbocycles. The van der Waals surface area contributed by atoms with Crippen molar-refractivity contribution in [3.05, 3.63) is 125 Å². The Morgan fingerprint density at radius 2 is 1.72 bits per heavy atom. The number of ether oxygens (including phenoxy) is 1. The number of amides is 1. The molecule has 13 heteroatoms. The van der Waals surface area contributed by atoms with Gasteiger partial charge in [0.05, 0.1) is 38.8 Å². The van der Waals surface area contributed by atoms with Gasteiger partial charge in [-0.25, -0.2) is 0 Å². The Bertz CT molecular complexity index is 2250. The minimum absolute atomic E-state index is 0.00955. The Balaban J connectivity index is 1.79. The van der Waals surface area contributed by atoms with Gasteiger partial charge in [-0.1, -0.05) is 47.5 Å². The van der Waals surface area contributed by atoms with E-state index >= 15 is 0 Å². The number of halogens is 5. The first-order valence-electron chi connectivity index (χ1n) is 14.1. The van der Waals surface area contributed by atoms with Crippen LogP contribution in [0.25, 0.3) is 23.0 Å². The van der Waals surface area contributed by atoms with Crippen LogP contribution < -0.4 is 24.8 Å². The lowest BCUT2D eigenvalue weighted by Crippen LogP contribution is -2.33. The standard InChI is InChI=1S/C34H25Cl2F3N4O3S/c1-4-46-29-12-8-6-10-26(29)41-31(44)23(18-40)33-43(27-11-7-5-9-24(27)34(37,38)39)32(45)30(47-33)16-21-15-19(2)42(20(21)3)28-17-22(35)13-14-25(28)36/h5-17H,4H2,1-3H3,(H,41,44)/b30-16-,33-23-. The number of rotatable bonds is 7. The lowest BCUT2D eigenvalue weighted by Gasteiger charge is -2.13. The summed E-state index contributed by atoms with van der Waals surface area (Å²) >= 11 is 13.4. The lowest BCUT2D eigenvalue weighted by atomic mass is 10.1. The van der Waals surface area contributed by atoms with Gasteiger partial charge in [-0.05, 0) is 80.9 Å². The lowest BCUT2D eigenvalue weighted by molar-refractivity contribution is -0.137. The highest BCUT2D eigenvalue weighted by molar-refractivity contribution is 7.07. The van der Waals surface area contributed by atoms with E-state index in [1.165, 1.54) is 18.2 Å².